The quantitative estimate of drug-likeness (QED) is 0.281. The van der Waals surface area contributed by atoms with E-state index in [9.17, 15) is 4.79 Å². The fraction of sp³-hybridized carbons (Fsp3) is 0.238. The van der Waals surface area contributed by atoms with Crippen molar-refractivity contribution >= 4 is 50.2 Å². The Bertz CT molecular complexity index is 1190. The first kappa shape index (κ1) is 18.5. The first-order valence-corrected chi connectivity index (χ1v) is 9.57. The minimum Gasteiger partial charge on any atom is -0.494 e. The van der Waals surface area contributed by atoms with Gasteiger partial charge in [0.2, 0.25) is 5.91 Å². The Morgan fingerprint density at radius 2 is 2.00 bits per heavy atom. The van der Waals surface area contributed by atoms with E-state index in [1.807, 2.05) is 49.4 Å². The Morgan fingerprint density at radius 3 is 2.75 bits per heavy atom. The van der Waals surface area contributed by atoms with Gasteiger partial charge in [0, 0.05) is 29.1 Å². The number of carbonyl (C=O) groups is 1. The van der Waals surface area contributed by atoms with Crippen molar-refractivity contribution in [1.82, 2.24) is 15.0 Å². The molecule has 7 heteroatoms. The van der Waals surface area contributed by atoms with Crippen LogP contribution in [-0.2, 0) is 11.3 Å². The second kappa shape index (κ2) is 7.66. The van der Waals surface area contributed by atoms with E-state index in [0.717, 1.165) is 38.5 Å². The number of amides is 1. The summed E-state index contributed by atoms with van der Waals surface area (Å²) in [7, 11) is 0. The molecule has 0 aliphatic rings. The molecular weight excluding hydrogens is 378 g/mol. The standard InChI is InChI=1S/C21H20ClN3O3/c1-2-28-13-9-10-17-16(12-13)19-20(25(17)11-5-8-18(26)24-27)14-6-3-4-7-15(14)21(22)23-19/h3-4,6-7,9-10,12,27H,2,5,8,11H2,1H3,(H,24,26). The molecule has 0 atom stereocenters. The predicted molar refractivity (Wildman–Crippen MR) is 110 cm³/mol. The number of carbonyl (C=O) groups excluding carboxylic acids is 1. The number of hydroxylamine groups is 1. The Kier molecular flexibility index (Phi) is 5.07. The van der Waals surface area contributed by atoms with Crippen LogP contribution in [0, 0.1) is 0 Å². The average molecular weight is 398 g/mol. The molecule has 0 bridgehead atoms. The minimum absolute atomic E-state index is 0.230. The van der Waals surface area contributed by atoms with E-state index in [2.05, 4.69) is 9.55 Å². The fourth-order valence-corrected chi connectivity index (χ4v) is 3.92. The first-order valence-electron chi connectivity index (χ1n) is 9.20. The van der Waals surface area contributed by atoms with E-state index >= 15 is 0 Å². The smallest absolute Gasteiger partial charge is 0.243 e. The number of pyridine rings is 1. The van der Waals surface area contributed by atoms with Crippen molar-refractivity contribution in [1.29, 1.82) is 0 Å². The highest BCUT2D eigenvalue weighted by Crippen LogP contribution is 2.37. The summed E-state index contributed by atoms with van der Waals surface area (Å²) in [5.74, 6) is 0.380. The predicted octanol–water partition coefficient (Wildman–Crippen LogP) is 4.68. The number of ether oxygens (including phenoxy) is 1. The van der Waals surface area contributed by atoms with Crippen LogP contribution in [0.5, 0.6) is 5.75 Å². The van der Waals surface area contributed by atoms with Crippen LogP contribution in [0.2, 0.25) is 5.15 Å². The van der Waals surface area contributed by atoms with Crippen molar-refractivity contribution in [2.24, 2.45) is 0 Å². The van der Waals surface area contributed by atoms with Gasteiger partial charge in [-0.2, -0.15) is 0 Å². The van der Waals surface area contributed by atoms with Crippen molar-refractivity contribution < 1.29 is 14.7 Å². The summed E-state index contributed by atoms with van der Waals surface area (Å²) >= 11 is 6.48. The van der Waals surface area contributed by atoms with Gasteiger partial charge in [0.15, 0.2) is 0 Å². The van der Waals surface area contributed by atoms with Crippen LogP contribution >= 0.6 is 11.6 Å². The number of fused-ring (bicyclic) bond motifs is 5. The molecule has 28 heavy (non-hydrogen) atoms. The zero-order valence-electron chi connectivity index (χ0n) is 15.4. The molecule has 0 saturated heterocycles. The lowest BCUT2D eigenvalue weighted by atomic mass is 10.1. The van der Waals surface area contributed by atoms with E-state index in [1.165, 1.54) is 0 Å². The van der Waals surface area contributed by atoms with E-state index in [1.54, 1.807) is 5.48 Å². The van der Waals surface area contributed by atoms with Gasteiger partial charge in [-0.1, -0.05) is 35.9 Å². The summed E-state index contributed by atoms with van der Waals surface area (Å²) < 4.78 is 7.83. The molecule has 0 saturated carbocycles. The third-order valence-corrected chi connectivity index (χ3v) is 5.13. The van der Waals surface area contributed by atoms with Gasteiger partial charge in [-0.15, -0.1) is 0 Å². The van der Waals surface area contributed by atoms with Crippen molar-refractivity contribution in [2.75, 3.05) is 6.61 Å². The summed E-state index contributed by atoms with van der Waals surface area (Å²) in [5.41, 5.74) is 4.48. The topological polar surface area (TPSA) is 76.4 Å². The molecule has 2 aromatic heterocycles. The van der Waals surface area contributed by atoms with Crippen LogP contribution in [0.4, 0.5) is 0 Å². The Hall–Kier alpha value is -2.83. The zero-order chi connectivity index (χ0) is 19.7. The molecule has 0 fully saturated rings. The van der Waals surface area contributed by atoms with Gasteiger partial charge in [0.05, 0.1) is 23.2 Å². The highest BCUT2D eigenvalue weighted by molar-refractivity contribution is 6.36. The van der Waals surface area contributed by atoms with E-state index in [0.29, 0.717) is 24.7 Å². The Labute approximate surface area is 166 Å². The Morgan fingerprint density at radius 1 is 1.21 bits per heavy atom. The summed E-state index contributed by atoms with van der Waals surface area (Å²) in [6.45, 7) is 3.13. The minimum atomic E-state index is -0.398. The number of hydrogen-bond donors (Lipinski definition) is 2. The van der Waals surface area contributed by atoms with Crippen molar-refractivity contribution in [2.45, 2.75) is 26.3 Å². The van der Waals surface area contributed by atoms with E-state index in [-0.39, 0.29) is 6.42 Å². The summed E-state index contributed by atoms with van der Waals surface area (Å²) in [6, 6.07) is 13.8. The van der Waals surface area contributed by atoms with Gasteiger partial charge in [-0.05, 0) is 31.5 Å². The average Bonchev–Trinajstić information content (AvgIpc) is 3.01. The van der Waals surface area contributed by atoms with Gasteiger partial charge in [0.1, 0.15) is 10.9 Å². The monoisotopic (exact) mass is 397 g/mol. The third kappa shape index (κ3) is 3.15. The number of halogens is 1. The number of aryl methyl sites for hydroxylation is 1. The van der Waals surface area contributed by atoms with Gasteiger partial charge < -0.3 is 9.30 Å². The SMILES string of the molecule is CCOc1ccc2c(c1)c1nc(Cl)c3ccccc3c1n2CCCC(=O)NO. The molecule has 0 spiro atoms. The number of rotatable bonds is 6. The van der Waals surface area contributed by atoms with Gasteiger partial charge >= 0.3 is 0 Å². The maximum Gasteiger partial charge on any atom is 0.243 e. The zero-order valence-corrected chi connectivity index (χ0v) is 16.2. The maximum absolute atomic E-state index is 11.4. The highest BCUT2D eigenvalue weighted by Gasteiger charge is 2.17. The number of nitrogens with zero attached hydrogens (tertiary/aromatic N) is 2. The molecule has 2 N–H and O–H groups in total. The first-order chi connectivity index (χ1) is 13.6. The molecule has 0 aliphatic heterocycles. The molecular formula is C21H20ClN3O3. The Balaban J connectivity index is 1.97. The number of nitrogens with one attached hydrogen (secondary N) is 1. The van der Waals surface area contributed by atoms with Crippen LogP contribution in [0.3, 0.4) is 0 Å². The van der Waals surface area contributed by atoms with Crippen LogP contribution < -0.4 is 10.2 Å². The van der Waals surface area contributed by atoms with Gasteiger partial charge in [-0.3, -0.25) is 10.0 Å². The summed E-state index contributed by atoms with van der Waals surface area (Å²) in [4.78, 5) is 16.1. The van der Waals surface area contributed by atoms with Crippen LogP contribution in [0.15, 0.2) is 42.5 Å². The second-order valence-corrected chi connectivity index (χ2v) is 6.91. The van der Waals surface area contributed by atoms with E-state index < -0.39 is 5.91 Å². The molecule has 2 heterocycles. The molecule has 0 aliphatic carbocycles. The lowest BCUT2D eigenvalue weighted by Gasteiger charge is -2.10. The summed E-state index contributed by atoms with van der Waals surface area (Å²) in [5, 5.41) is 12.1. The van der Waals surface area contributed by atoms with Crippen molar-refractivity contribution in [3.05, 3.63) is 47.6 Å². The second-order valence-electron chi connectivity index (χ2n) is 6.55. The lowest BCUT2D eigenvalue weighted by Crippen LogP contribution is -2.18. The maximum atomic E-state index is 11.4. The van der Waals surface area contributed by atoms with Crippen LogP contribution in [0.1, 0.15) is 19.8 Å². The van der Waals surface area contributed by atoms with Gasteiger partial charge in [0.25, 0.3) is 0 Å². The number of benzene rings is 2. The van der Waals surface area contributed by atoms with Crippen LogP contribution in [-0.4, -0.2) is 27.3 Å². The van der Waals surface area contributed by atoms with Crippen molar-refractivity contribution in [3.8, 4) is 5.75 Å². The number of aromatic nitrogens is 2. The fourth-order valence-electron chi connectivity index (χ4n) is 3.67. The van der Waals surface area contributed by atoms with Crippen molar-refractivity contribution in [3.63, 3.8) is 0 Å². The highest BCUT2D eigenvalue weighted by atomic mass is 35.5. The molecule has 0 radical (unpaired) electrons. The summed E-state index contributed by atoms with van der Waals surface area (Å²) in [6.07, 6.45) is 0.809. The lowest BCUT2D eigenvalue weighted by molar-refractivity contribution is -0.129. The molecule has 0 unspecified atom stereocenters. The van der Waals surface area contributed by atoms with E-state index in [4.69, 9.17) is 21.5 Å². The molecule has 4 rings (SSSR count). The van der Waals surface area contributed by atoms with Crippen LogP contribution in [0.25, 0.3) is 32.7 Å². The molecule has 6 nitrogen and oxygen atoms in total. The normalized spacial score (nSPS) is 11.4. The van der Waals surface area contributed by atoms with Gasteiger partial charge in [-0.25, -0.2) is 10.5 Å². The largest absolute Gasteiger partial charge is 0.494 e. The molecule has 2 aromatic carbocycles. The third-order valence-electron chi connectivity index (χ3n) is 4.84. The molecule has 144 valence electrons. The number of hydrogen-bond acceptors (Lipinski definition) is 4. The molecule has 4 aromatic rings. The molecule has 1 amide bonds.